The molecule has 0 aliphatic heterocycles. The van der Waals surface area contributed by atoms with E-state index in [-0.39, 0.29) is 0 Å². The fourth-order valence-corrected chi connectivity index (χ4v) is 1.93. The number of ether oxygens (including phenoxy) is 2. The van der Waals surface area contributed by atoms with Crippen molar-refractivity contribution in [2.75, 3.05) is 39.5 Å². The zero-order valence-corrected chi connectivity index (χ0v) is 12.3. The molecule has 0 radical (unpaired) electrons. The summed E-state index contributed by atoms with van der Waals surface area (Å²) in [4.78, 5) is 0. The van der Waals surface area contributed by atoms with Gasteiger partial charge >= 0.3 is 0 Å². The molecular weight excluding hydrogens is 296 g/mol. The first kappa shape index (κ1) is 15.4. The van der Waals surface area contributed by atoms with Crippen molar-refractivity contribution in [3.63, 3.8) is 0 Å². The fraction of sp³-hybridized carbons (Fsp3) is 0.538. The Morgan fingerprint density at radius 3 is 2.78 bits per heavy atom. The van der Waals surface area contributed by atoms with E-state index in [0.717, 1.165) is 28.9 Å². The molecule has 0 bridgehead atoms. The van der Waals surface area contributed by atoms with E-state index in [1.807, 2.05) is 25.1 Å². The smallest absolute Gasteiger partial charge is 0.122 e. The van der Waals surface area contributed by atoms with E-state index in [1.54, 1.807) is 0 Å². The minimum Gasteiger partial charge on any atom is -0.491 e. The van der Waals surface area contributed by atoms with Crippen LogP contribution < -0.4 is 15.8 Å². The first-order valence-corrected chi connectivity index (χ1v) is 6.91. The number of halogens is 1. The molecule has 102 valence electrons. The number of nitrogens with one attached hydrogen (secondary N) is 1. The molecule has 1 aromatic carbocycles. The van der Waals surface area contributed by atoms with Gasteiger partial charge in [-0.15, -0.1) is 0 Å². The third-order valence-electron chi connectivity index (χ3n) is 2.37. The van der Waals surface area contributed by atoms with Crippen LogP contribution in [0.2, 0.25) is 0 Å². The van der Waals surface area contributed by atoms with Crippen molar-refractivity contribution in [1.29, 1.82) is 0 Å². The van der Waals surface area contributed by atoms with Gasteiger partial charge in [0, 0.05) is 24.1 Å². The molecule has 1 rings (SSSR count). The SMILES string of the molecule is Cc1cc(Br)ccc1OCCOCCNCCN. The van der Waals surface area contributed by atoms with Crippen LogP contribution in [0.4, 0.5) is 0 Å². The molecule has 0 aliphatic carbocycles. The molecule has 0 aromatic heterocycles. The molecule has 5 heteroatoms. The predicted octanol–water partition coefficient (Wildman–Crippen LogP) is 1.70. The van der Waals surface area contributed by atoms with Crippen LogP contribution in [-0.2, 0) is 4.74 Å². The Hall–Kier alpha value is -0.620. The Morgan fingerprint density at radius 1 is 1.22 bits per heavy atom. The van der Waals surface area contributed by atoms with Gasteiger partial charge in [-0.05, 0) is 30.7 Å². The van der Waals surface area contributed by atoms with Crippen LogP contribution in [-0.4, -0.2) is 39.5 Å². The minimum absolute atomic E-state index is 0.569. The third-order valence-corrected chi connectivity index (χ3v) is 2.86. The molecule has 3 N–H and O–H groups in total. The molecule has 0 unspecified atom stereocenters. The van der Waals surface area contributed by atoms with Crippen LogP contribution in [0.25, 0.3) is 0 Å². The lowest BCUT2D eigenvalue weighted by molar-refractivity contribution is 0.102. The number of hydrogen-bond acceptors (Lipinski definition) is 4. The standard InChI is InChI=1S/C13H21BrN2O2/c1-11-10-12(14)2-3-13(11)18-9-8-17-7-6-16-5-4-15/h2-3,10,16H,4-9,15H2,1H3. The highest BCUT2D eigenvalue weighted by molar-refractivity contribution is 9.10. The highest BCUT2D eigenvalue weighted by atomic mass is 79.9. The molecular formula is C13H21BrN2O2. The number of nitrogens with two attached hydrogens (primary N) is 1. The van der Waals surface area contributed by atoms with Crippen molar-refractivity contribution in [1.82, 2.24) is 5.32 Å². The number of hydrogen-bond donors (Lipinski definition) is 2. The summed E-state index contributed by atoms with van der Waals surface area (Å²) in [6.45, 7) is 6.19. The van der Waals surface area contributed by atoms with Gasteiger partial charge in [-0.1, -0.05) is 15.9 Å². The molecule has 0 saturated heterocycles. The Labute approximate surface area is 117 Å². The van der Waals surface area contributed by atoms with Crippen molar-refractivity contribution in [2.45, 2.75) is 6.92 Å². The second-order valence-corrected chi connectivity index (χ2v) is 4.83. The van der Waals surface area contributed by atoms with E-state index in [0.29, 0.717) is 26.4 Å². The number of aryl methyl sites for hydroxylation is 1. The number of rotatable bonds is 9. The minimum atomic E-state index is 0.569. The van der Waals surface area contributed by atoms with Gasteiger partial charge in [0.15, 0.2) is 0 Å². The molecule has 0 atom stereocenters. The predicted molar refractivity (Wildman–Crippen MR) is 77.1 cm³/mol. The second kappa shape index (κ2) is 9.33. The third kappa shape index (κ3) is 6.35. The van der Waals surface area contributed by atoms with Crippen molar-refractivity contribution in [2.24, 2.45) is 5.73 Å². The van der Waals surface area contributed by atoms with Gasteiger partial charge in [0.05, 0.1) is 13.2 Å². The van der Waals surface area contributed by atoms with Gasteiger partial charge < -0.3 is 20.5 Å². The van der Waals surface area contributed by atoms with Gasteiger partial charge in [0.25, 0.3) is 0 Å². The van der Waals surface area contributed by atoms with E-state index in [9.17, 15) is 0 Å². The average molecular weight is 317 g/mol. The van der Waals surface area contributed by atoms with E-state index in [4.69, 9.17) is 15.2 Å². The summed E-state index contributed by atoms with van der Waals surface area (Å²) >= 11 is 3.42. The van der Waals surface area contributed by atoms with Crippen molar-refractivity contribution < 1.29 is 9.47 Å². The Balaban J connectivity index is 2.07. The Morgan fingerprint density at radius 2 is 2.06 bits per heavy atom. The molecule has 0 saturated carbocycles. The van der Waals surface area contributed by atoms with Gasteiger partial charge in [0.2, 0.25) is 0 Å². The first-order valence-electron chi connectivity index (χ1n) is 6.11. The van der Waals surface area contributed by atoms with Crippen LogP contribution in [0.3, 0.4) is 0 Å². The van der Waals surface area contributed by atoms with E-state index >= 15 is 0 Å². The van der Waals surface area contributed by atoms with Crippen LogP contribution >= 0.6 is 15.9 Å². The molecule has 4 nitrogen and oxygen atoms in total. The molecule has 18 heavy (non-hydrogen) atoms. The summed E-state index contributed by atoms with van der Waals surface area (Å²) in [5, 5.41) is 3.16. The Kier molecular flexibility index (Phi) is 8.00. The quantitative estimate of drug-likeness (QED) is 0.681. The lowest BCUT2D eigenvalue weighted by atomic mass is 10.2. The van der Waals surface area contributed by atoms with E-state index in [2.05, 4.69) is 21.2 Å². The van der Waals surface area contributed by atoms with Gasteiger partial charge in [-0.25, -0.2) is 0 Å². The van der Waals surface area contributed by atoms with E-state index < -0.39 is 0 Å². The second-order valence-electron chi connectivity index (χ2n) is 3.91. The van der Waals surface area contributed by atoms with Crippen molar-refractivity contribution >= 4 is 15.9 Å². The van der Waals surface area contributed by atoms with Crippen LogP contribution in [0.1, 0.15) is 5.56 Å². The Bertz CT molecular complexity index is 348. The average Bonchev–Trinajstić information content (AvgIpc) is 2.35. The van der Waals surface area contributed by atoms with Crippen LogP contribution in [0.15, 0.2) is 22.7 Å². The monoisotopic (exact) mass is 316 g/mol. The topological polar surface area (TPSA) is 56.5 Å². The summed E-state index contributed by atoms with van der Waals surface area (Å²) < 4.78 is 12.1. The molecule has 0 heterocycles. The first-order chi connectivity index (χ1) is 8.74. The van der Waals surface area contributed by atoms with Crippen LogP contribution in [0, 0.1) is 6.92 Å². The van der Waals surface area contributed by atoms with Crippen molar-refractivity contribution in [3.05, 3.63) is 28.2 Å². The maximum Gasteiger partial charge on any atom is 0.122 e. The van der Waals surface area contributed by atoms with Gasteiger partial charge in [0.1, 0.15) is 12.4 Å². The fourth-order valence-electron chi connectivity index (χ4n) is 1.46. The summed E-state index contributed by atoms with van der Waals surface area (Å²) in [6, 6.07) is 5.97. The van der Waals surface area contributed by atoms with Crippen molar-refractivity contribution in [3.8, 4) is 5.75 Å². The maximum atomic E-state index is 5.63. The van der Waals surface area contributed by atoms with Crippen LogP contribution in [0.5, 0.6) is 5.75 Å². The lowest BCUT2D eigenvalue weighted by Crippen LogP contribution is -2.26. The van der Waals surface area contributed by atoms with Gasteiger partial charge in [-0.3, -0.25) is 0 Å². The molecule has 0 aliphatic rings. The normalized spacial score (nSPS) is 10.6. The number of benzene rings is 1. The lowest BCUT2D eigenvalue weighted by Gasteiger charge is -2.10. The zero-order valence-electron chi connectivity index (χ0n) is 10.7. The molecule has 0 amide bonds. The van der Waals surface area contributed by atoms with E-state index in [1.165, 1.54) is 0 Å². The summed E-state index contributed by atoms with van der Waals surface area (Å²) in [6.07, 6.45) is 0. The molecule has 0 fully saturated rings. The maximum absolute atomic E-state index is 5.63. The molecule has 1 aromatic rings. The summed E-state index contributed by atoms with van der Waals surface area (Å²) in [5.74, 6) is 0.906. The zero-order chi connectivity index (χ0) is 13.2. The highest BCUT2D eigenvalue weighted by Gasteiger charge is 1.99. The summed E-state index contributed by atoms with van der Waals surface area (Å²) in [7, 11) is 0. The molecule has 0 spiro atoms. The summed E-state index contributed by atoms with van der Waals surface area (Å²) in [5.41, 5.74) is 6.47. The highest BCUT2D eigenvalue weighted by Crippen LogP contribution is 2.21. The van der Waals surface area contributed by atoms with Gasteiger partial charge in [-0.2, -0.15) is 0 Å². The largest absolute Gasteiger partial charge is 0.491 e.